The van der Waals surface area contributed by atoms with Crippen LogP contribution in [-0.2, 0) is 14.4 Å². The zero-order valence-corrected chi connectivity index (χ0v) is 19.7. The van der Waals surface area contributed by atoms with Crippen LogP contribution in [0.15, 0.2) is 18.2 Å². The summed E-state index contributed by atoms with van der Waals surface area (Å²) in [5.41, 5.74) is 0.127. The Morgan fingerprint density at radius 2 is 1.58 bits per heavy atom. The van der Waals surface area contributed by atoms with Crippen LogP contribution in [0.3, 0.4) is 0 Å². The van der Waals surface area contributed by atoms with Crippen molar-refractivity contribution in [2.45, 2.75) is 64.2 Å². The Morgan fingerprint density at radius 3 is 2.10 bits per heavy atom. The zero-order valence-electron chi connectivity index (χ0n) is 19.7. The fraction of sp³-hybridized carbons (Fsp3) is 0.640. The number of Topliss-reactive ketones (excluding diaryl/α,β-unsaturated/α-hetero) is 3. The summed E-state index contributed by atoms with van der Waals surface area (Å²) >= 11 is 0. The second-order valence-corrected chi connectivity index (χ2v) is 8.96. The van der Waals surface area contributed by atoms with Crippen molar-refractivity contribution in [1.29, 1.82) is 0 Å². The maximum atomic E-state index is 12.6. The monoisotopic (exact) mass is 431 g/mol. The number of ketones is 3. The lowest BCUT2D eigenvalue weighted by Crippen LogP contribution is -2.34. The van der Waals surface area contributed by atoms with Gasteiger partial charge in [0, 0.05) is 31.7 Å². The Hall–Kier alpha value is -2.21. The van der Waals surface area contributed by atoms with E-state index in [9.17, 15) is 14.4 Å². The summed E-state index contributed by atoms with van der Waals surface area (Å²) < 4.78 is 10.7. The van der Waals surface area contributed by atoms with Crippen molar-refractivity contribution in [3.63, 3.8) is 0 Å². The highest BCUT2D eigenvalue weighted by molar-refractivity contribution is 6.13. The lowest BCUT2D eigenvalue weighted by molar-refractivity contribution is -0.136. The third-order valence-electron chi connectivity index (χ3n) is 6.49. The highest BCUT2D eigenvalue weighted by Gasteiger charge is 2.48. The molecule has 0 aliphatic heterocycles. The van der Waals surface area contributed by atoms with Gasteiger partial charge in [-0.15, -0.1) is 0 Å². The van der Waals surface area contributed by atoms with Gasteiger partial charge in [-0.1, -0.05) is 6.92 Å². The van der Waals surface area contributed by atoms with Crippen molar-refractivity contribution in [3.8, 4) is 11.5 Å². The number of carbonyl (C=O) groups excluding carboxylic acids is 3. The van der Waals surface area contributed by atoms with Gasteiger partial charge in [-0.25, -0.2) is 0 Å². The predicted molar refractivity (Wildman–Crippen MR) is 121 cm³/mol. The number of nitrogens with zero attached hydrogens (tertiary/aromatic N) is 1. The van der Waals surface area contributed by atoms with Crippen molar-refractivity contribution in [2.24, 2.45) is 5.41 Å². The van der Waals surface area contributed by atoms with Crippen LogP contribution in [0.2, 0.25) is 0 Å². The minimum Gasteiger partial charge on any atom is -0.497 e. The van der Waals surface area contributed by atoms with Gasteiger partial charge in [0.1, 0.15) is 28.8 Å². The van der Waals surface area contributed by atoms with Crippen LogP contribution < -0.4 is 9.47 Å². The smallest absolute Gasteiger partial charge is 0.146 e. The lowest BCUT2D eigenvalue weighted by atomic mass is 9.75. The van der Waals surface area contributed by atoms with E-state index < -0.39 is 5.41 Å². The number of benzene rings is 1. The Bertz CT molecular complexity index is 748. The van der Waals surface area contributed by atoms with Gasteiger partial charge in [0.2, 0.25) is 0 Å². The van der Waals surface area contributed by atoms with Crippen molar-refractivity contribution in [3.05, 3.63) is 23.8 Å². The number of hydrogen-bond acceptors (Lipinski definition) is 6. The first kappa shape index (κ1) is 25.1. The average Bonchev–Trinajstić information content (AvgIpc) is 3.03. The second kappa shape index (κ2) is 11.4. The molecular weight excluding hydrogens is 394 g/mol. The highest BCUT2D eigenvalue weighted by Crippen LogP contribution is 2.40. The average molecular weight is 432 g/mol. The molecule has 0 spiro atoms. The van der Waals surface area contributed by atoms with Gasteiger partial charge in [0.15, 0.2) is 0 Å². The van der Waals surface area contributed by atoms with E-state index in [4.69, 9.17) is 9.47 Å². The summed E-state index contributed by atoms with van der Waals surface area (Å²) in [5, 5.41) is 0. The molecule has 0 aromatic heterocycles. The molecule has 1 aromatic rings. The van der Waals surface area contributed by atoms with Crippen molar-refractivity contribution in [2.75, 3.05) is 34.9 Å². The fourth-order valence-corrected chi connectivity index (χ4v) is 4.38. The first-order valence-electron chi connectivity index (χ1n) is 11.2. The molecule has 1 atom stereocenters. The number of rotatable bonds is 13. The molecule has 2 rings (SSSR count). The number of hydrogen-bond donors (Lipinski definition) is 0. The summed E-state index contributed by atoms with van der Waals surface area (Å²) in [6.45, 7) is 2.91. The molecule has 0 amide bonds. The first-order chi connectivity index (χ1) is 14.7. The summed E-state index contributed by atoms with van der Waals surface area (Å²) in [5.74, 6) is 1.79. The molecule has 0 saturated heterocycles. The van der Waals surface area contributed by atoms with Crippen LogP contribution in [0, 0.1) is 5.41 Å². The van der Waals surface area contributed by atoms with E-state index in [1.54, 1.807) is 14.2 Å². The van der Waals surface area contributed by atoms with Crippen LogP contribution in [0.25, 0.3) is 0 Å². The maximum absolute atomic E-state index is 12.6. The van der Waals surface area contributed by atoms with Gasteiger partial charge >= 0.3 is 0 Å². The predicted octanol–water partition coefficient (Wildman–Crippen LogP) is 4.20. The van der Waals surface area contributed by atoms with Crippen molar-refractivity contribution >= 4 is 17.3 Å². The highest BCUT2D eigenvalue weighted by atomic mass is 16.5. The van der Waals surface area contributed by atoms with E-state index in [1.807, 2.05) is 32.3 Å². The van der Waals surface area contributed by atoms with Gasteiger partial charge in [0.25, 0.3) is 0 Å². The second-order valence-electron chi connectivity index (χ2n) is 8.96. The third kappa shape index (κ3) is 6.63. The van der Waals surface area contributed by atoms with Crippen LogP contribution in [0.1, 0.15) is 69.8 Å². The van der Waals surface area contributed by atoms with Gasteiger partial charge in [-0.2, -0.15) is 0 Å². The molecular formula is C25H37NO5. The normalized spacial score (nSPS) is 16.6. The molecule has 1 unspecified atom stereocenters. The third-order valence-corrected chi connectivity index (χ3v) is 6.49. The molecule has 31 heavy (non-hydrogen) atoms. The number of carbonyl (C=O) groups is 3. The molecule has 6 heteroatoms. The lowest BCUT2D eigenvalue weighted by Gasteiger charge is -2.26. The van der Waals surface area contributed by atoms with Gasteiger partial charge in [-0.3, -0.25) is 14.4 Å². The summed E-state index contributed by atoms with van der Waals surface area (Å²) in [4.78, 5) is 39.9. The minimum atomic E-state index is -0.933. The van der Waals surface area contributed by atoms with Gasteiger partial charge in [0.05, 0.1) is 19.6 Å². The fourth-order valence-electron chi connectivity index (χ4n) is 4.38. The van der Waals surface area contributed by atoms with Crippen LogP contribution in [-0.4, -0.2) is 57.1 Å². The Morgan fingerprint density at radius 1 is 1.00 bits per heavy atom. The first-order valence-corrected chi connectivity index (χ1v) is 11.2. The molecule has 1 saturated carbocycles. The van der Waals surface area contributed by atoms with E-state index in [-0.39, 0.29) is 29.7 Å². The van der Waals surface area contributed by atoms with Crippen LogP contribution >= 0.6 is 0 Å². The molecule has 1 aliphatic rings. The standard InChI is InChI=1S/C25H37NO5/c1-18(19-15-21(30-4)17-22(16-19)31-5)7-8-20(27)11-13-25(12-6-14-26(2)3)23(28)9-10-24(25)29/h15-18H,6-14H2,1-5H3. The van der Waals surface area contributed by atoms with E-state index >= 15 is 0 Å². The largest absolute Gasteiger partial charge is 0.497 e. The van der Waals surface area contributed by atoms with E-state index in [1.165, 1.54) is 0 Å². The molecule has 0 heterocycles. The molecule has 0 radical (unpaired) electrons. The van der Waals surface area contributed by atoms with Crippen LogP contribution in [0.5, 0.6) is 11.5 Å². The molecule has 1 aromatic carbocycles. The molecule has 0 bridgehead atoms. The zero-order chi connectivity index (χ0) is 23.0. The molecule has 6 nitrogen and oxygen atoms in total. The quantitative estimate of drug-likeness (QED) is 0.436. The van der Waals surface area contributed by atoms with Crippen LogP contribution in [0.4, 0.5) is 0 Å². The van der Waals surface area contributed by atoms with Gasteiger partial charge < -0.3 is 14.4 Å². The van der Waals surface area contributed by atoms with Crippen molar-refractivity contribution in [1.82, 2.24) is 4.90 Å². The van der Waals surface area contributed by atoms with E-state index in [0.29, 0.717) is 38.5 Å². The van der Waals surface area contributed by atoms with E-state index in [0.717, 1.165) is 30.0 Å². The number of ether oxygens (including phenoxy) is 2. The van der Waals surface area contributed by atoms with Gasteiger partial charge in [-0.05, 0) is 69.9 Å². The summed E-state index contributed by atoms with van der Waals surface area (Å²) in [6, 6.07) is 5.76. The Kier molecular flexibility index (Phi) is 9.23. The maximum Gasteiger partial charge on any atom is 0.146 e. The summed E-state index contributed by atoms with van der Waals surface area (Å²) in [6.07, 6.45) is 3.75. The SMILES string of the molecule is COc1cc(OC)cc(C(C)CCC(=O)CCC2(CCCN(C)C)C(=O)CCC2=O)c1. The minimum absolute atomic E-state index is 0.0286. The van der Waals surface area contributed by atoms with E-state index in [2.05, 4.69) is 11.8 Å². The molecule has 1 fully saturated rings. The topological polar surface area (TPSA) is 72.9 Å². The molecule has 1 aliphatic carbocycles. The number of methoxy groups -OCH3 is 2. The Labute approximate surface area is 186 Å². The molecule has 172 valence electrons. The Balaban J connectivity index is 1.93. The van der Waals surface area contributed by atoms with Crippen molar-refractivity contribution < 1.29 is 23.9 Å². The summed E-state index contributed by atoms with van der Waals surface area (Å²) in [7, 11) is 7.20. The molecule has 0 N–H and O–H groups in total.